The Bertz CT molecular complexity index is 1420. The Labute approximate surface area is 188 Å². The van der Waals surface area contributed by atoms with Crippen molar-refractivity contribution in [1.29, 1.82) is 0 Å². The van der Waals surface area contributed by atoms with Gasteiger partial charge in [-0.2, -0.15) is 4.98 Å². The Morgan fingerprint density at radius 2 is 1.84 bits per heavy atom. The number of nitrogens with zero attached hydrogens (tertiary/aromatic N) is 5. The van der Waals surface area contributed by atoms with Crippen molar-refractivity contribution < 1.29 is 4.79 Å². The van der Waals surface area contributed by atoms with Gasteiger partial charge in [-0.25, -0.2) is 14.5 Å². The second-order valence-electron chi connectivity index (χ2n) is 7.48. The standard InChI is InChI=1S/C23H21N7OS/c1-13-17(14(2)30-22(24-13)28-23(29-30)32-3)12-20(31)25-16-10-8-15(9-11-16)21-26-18-6-4-5-7-19(18)27-21/h4-11H,12H2,1-3H3,(H,25,31)(H,26,27). The number of aromatic nitrogens is 6. The molecule has 0 aliphatic carbocycles. The zero-order chi connectivity index (χ0) is 22.2. The number of fused-ring (bicyclic) bond motifs is 2. The molecule has 5 aromatic rings. The lowest BCUT2D eigenvalue weighted by molar-refractivity contribution is -0.115. The minimum absolute atomic E-state index is 0.112. The number of hydrogen-bond donors (Lipinski definition) is 2. The molecule has 3 heterocycles. The predicted molar refractivity (Wildman–Crippen MR) is 126 cm³/mol. The summed E-state index contributed by atoms with van der Waals surface area (Å²) < 4.78 is 1.70. The Hall–Kier alpha value is -3.72. The van der Waals surface area contributed by atoms with E-state index in [9.17, 15) is 4.79 Å². The van der Waals surface area contributed by atoms with Crippen LogP contribution >= 0.6 is 11.8 Å². The van der Waals surface area contributed by atoms with Gasteiger partial charge < -0.3 is 10.3 Å². The number of carbonyl (C=O) groups is 1. The molecular formula is C23H21N7OS. The smallest absolute Gasteiger partial charge is 0.253 e. The number of benzene rings is 2. The summed E-state index contributed by atoms with van der Waals surface area (Å²) in [4.78, 5) is 29.6. The summed E-state index contributed by atoms with van der Waals surface area (Å²) in [5.74, 6) is 1.24. The van der Waals surface area contributed by atoms with Crippen LogP contribution < -0.4 is 5.32 Å². The Morgan fingerprint density at radius 1 is 1.06 bits per heavy atom. The fraction of sp³-hybridized carbons (Fsp3) is 0.174. The van der Waals surface area contributed by atoms with Gasteiger partial charge >= 0.3 is 0 Å². The van der Waals surface area contributed by atoms with Crippen LogP contribution in [0.5, 0.6) is 0 Å². The number of carbonyl (C=O) groups excluding carboxylic acids is 1. The fourth-order valence-electron chi connectivity index (χ4n) is 3.70. The van der Waals surface area contributed by atoms with Gasteiger partial charge in [-0.3, -0.25) is 4.79 Å². The number of H-pyrrole nitrogens is 1. The van der Waals surface area contributed by atoms with E-state index in [1.165, 1.54) is 11.8 Å². The average Bonchev–Trinajstić information content (AvgIpc) is 3.41. The quantitative estimate of drug-likeness (QED) is 0.395. The van der Waals surface area contributed by atoms with E-state index in [-0.39, 0.29) is 12.3 Å². The van der Waals surface area contributed by atoms with Crippen molar-refractivity contribution in [3.05, 3.63) is 65.5 Å². The SMILES string of the molecule is CSc1nc2nc(C)c(CC(=O)Nc3ccc(-c4nc5ccccc5[nH]4)cc3)c(C)n2n1. The molecule has 0 radical (unpaired) electrons. The van der Waals surface area contributed by atoms with Crippen LogP contribution in [-0.2, 0) is 11.2 Å². The van der Waals surface area contributed by atoms with Crippen LogP contribution in [-0.4, -0.2) is 41.7 Å². The highest BCUT2D eigenvalue weighted by atomic mass is 32.2. The topological polar surface area (TPSA) is 101 Å². The molecule has 0 spiro atoms. The molecule has 0 aliphatic rings. The number of hydrogen-bond acceptors (Lipinski definition) is 6. The lowest BCUT2D eigenvalue weighted by Gasteiger charge is -2.11. The number of nitrogens with one attached hydrogen (secondary N) is 2. The number of thioether (sulfide) groups is 1. The molecule has 0 fully saturated rings. The van der Waals surface area contributed by atoms with Gasteiger partial charge in [0.1, 0.15) is 5.82 Å². The number of anilines is 1. The maximum atomic E-state index is 12.7. The van der Waals surface area contributed by atoms with Gasteiger partial charge in [-0.1, -0.05) is 23.9 Å². The second kappa shape index (κ2) is 8.08. The zero-order valence-corrected chi connectivity index (χ0v) is 18.7. The van der Waals surface area contributed by atoms with Gasteiger partial charge in [-0.05, 0) is 56.5 Å². The molecular weight excluding hydrogens is 422 g/mol. The summed E-state index contributed by atoms with van der Waals surface area (Å²) in [5.41, 5.74) is 6.11. The molecule has 2 N–H and O–H groups in total. The molecule has 0 saturated carbocycles. The summed E-state index contributed by atoms with van der Waals surface area (Å²) in [6.07, 6.45) is 2.13. The summed E-state index contributed by atoms with van der Waals surface area (Å²) in [5, 5.41) is 8.07. The van der Waals surface area contributed by atoms with Crippen molar-refractivity contribution in [3.63, 3.8) is 0 Å². The Kier molecular flexibility index (Phi) is 5.10. The van der Waals surface area contributed by atoms with Crippen molar-refractivity contribution >= 4 is 40.2 Å². The largest absolute Gasteiger partial charge is 0.338 e. The van der Waals surface area contributed by atoms with Gasteiger partial charge in [-0.15, -0.1) is 5.10 Å². The van der Waals surface area contributed by atoms with Crippen molar-refractivity contribution in [2.45, 2.75) is 25.4 Å². The first-order valence-electron chi connectivity index (χ1n) is 10.1. The fourth-order valence-corrected chi connectivity index (χ4v) is 4.04. The van der Waals surface area contributed by atoms with Crippen molar-refractivity contribution in [2.24, 2.45) is 0 Å². The van der Waals surface area contributed by atoms with Crippen molar-refractivity contribution in [2.75, 3.05) is 11.6 Å². The molecule has 0 bridgehead atoms. The third-order valence-corrected chi connectivity index (χ3v) is 5.92. The lowest BCUT2D eigenvalue weighted by atomic mass is 10.1. The molecule has 0 saturated heterocycles. The van der Waals surface area contributed by atoms with E-state index in [0.29, 0.717) is 10.9 Å². The van der Waals surface area contributed by atoms with E-state index in [1.807, 2.05) is 68.6 Å². The summed E-state index contributed by atoms with van der Waals surface area (Å²) in [7, 11) is 0. The molecule has 3 aromatic heterocycles. The molecule has 0 atom stereocenters. The summed E-state index contributed by atoms with van der Waals surface area (Å²) in [6.45, 7) is 3.83. The highest BCUT2D eigenvalue weighted by Crippen LogP contribution is 2.23. The Balaban J connectivity index is 1.33. The van der Waals surface area contributed by atoms with Crippen LogP contribution in [0, 0.1) is 13.8 Å². The predicted octanol–water partition coefficient (Wildman–Crippen LogP) is 4.19. The van der Waals surface area contributed by atoms with E-state index in [0.717, 1.165) is 45.1 Å². The number of rotatable bonds is 5. The van der Waals surface area contributed by atoms with Crippen LogP contribution in [0.15, 0.2) is 53.7 Å². The monoisotopic (exact) mass is 443 g/mol. The molecule has 9 heteroatoms. The van der Waals surface area contributed by atoms with E-state index >= 15 is 0 Å². The van der Waals surface area contributed by atoms with Gasteiger partial charge in [0.05, 0.1) is 17.5 Å². The number of aryl methyl sites for hydroxylation is 2. The van der Waals surface area contributed by atoms with Gasteiger partial charge in [0, 0.05) is 28.2 Å². The van der Waals surface area contributed by atoms with E-state index in [2.05, 4.69) is 30.4 Å². The maximum absolute atomic E-state index is 12.7. The first-order chi connectivity index (χ1) is 15.5. The Morgan fingerprint density at radius 3 is 2.59 bits per heavy atom. The number of para-hydroxylation sites is 2. The van der Waals surface area contributed by atoms with Gasteiger partial charge in [0.15, 0.2) is 0 Å². The van der Waals surface area contributed by atoms with Gasteiger partial charge in [0.2, 0.25) is 11.1 Å². The average molecular weight is 444 g/mol. The lowest BCUT2D eigenvalue weighted by Crippen LogP contribution is -2.17. The van der Waals surface area contributed by atoms with Crippen molar-refractivity contribution in [3.8, 4) is 11.4 Å². The molecule has 160 valence electrons. The van der Waals surface area contributed by atoms with Crippen LogP contribution in [0.4, 0.5) is 5.69 Å². The number of amides is 1. The highest BCUT2D eigenvalue weighted by molar-refractivity contribution is 7.98. The second-order valence-corrected chi connectivity index (χ2v) is 8.25. The van der Waals surface area contributed by atoms with Crippen LogP contribution in [0.25, 0.3) is 28.2 Å². The maximum Gasteiger partial charge on any atom is 0.253 e. The molecule has 8 nitrogen and oxygen atoms in total. The van der Waals surface area contributed by atoms with Crippen LogP contribution in [0.3, 0.4) is 0 Å². The number of imidazole rings is 1. The summed E-state index contributed by atoms with van der Waals surface area (Å²) in [6, 6.07) is 15.6. The summed E-state index contributed by atoms with van der Waals surface area (Å²) >= 11 is 1.46. The van der Waals surface area contributed by atoms with Crippen LogP contribution in [0.1, 0.15) is 17.0 Å². The van der Waals surface area contributed by atoms with E-state index < -0.39 is 0 Å². The first-order valence-corrected chi connectivity index (χ1v) is 11.4. The van der Waals surface area contributed by atoms with E-state index in [1.54, 1.807) is 4.52 Å². The molecule has 0 unspecified atom stereocenters. The van der Waals surface area contributed by atoms with E-state index in [4.69, 9.17) is 0 Å². The highest BCUT2D eigenvalue weighted by Gasteiger charge is 2.16. The minimum Gasteiger partial charge on any atom is -0.338 e. The van der Waals surface area contributed by atoms with Gasteiger partial charge in [0.25, 0.3) is 5.78 Å². The van der Waals surface area contributed by atoms with Crippen molar-refractivity contribution in [1.82, 2.24) is 29.5 Å². The third kappa shape index (κ3) is 3.71. The normalized spacial score (nSPS) is 11.3. The molecule has 2 aromatic carbocycles. The molecule has 32 heavy (non-hydrogen) atoms. The van der Waals surface area contributed by atoms with Crippen LogP contribution in [0.2, 0.25) is 0 Å². The first kappa shape index (κ1) is 20.2. The molecule has 1 amide bonds. The third-order valence-electron chi connectivity index (χ3n) is 5.38. The zero-order valence-electron chi connectivity index (χ0n) is 17.9. The molecule has 0 aliphatic heterocycles. The number of aromatic amines is 1. The molecule has 5 rings (SSSR count). The minimum atomic E-state index is -0.112.